The van der Waals surface area contributed by atoms with Gasteiger partial charge in [-0.25, -0.2) is 9.78 Å². The molecule has 3 rings (SSSR count). The lowest BCUT2D eigenvalue weighted by atomic mass is 10.0. The highest BCUT2D eigenvalue weighted by molar-refractivity contribution is 9.10. The van der Waals surface area contributed by atoms with Crippen LogP contribution < -0.4 is 20.7 Å². The van der Waals surface area contributed by atoms with Crippen LogP contribution in [0.3, 0.4) is 0 Å². The second-order valence-electron chi connectivity index (χ2n) is 6.91. The van der Waals surface area contributed by atoms with Crippen LogP contribution >= 0.6 is 15.9 Å². The van der Waals surface area contributed by atoms with Gasteiger partial charge in [-0.2, -0.15) is 0 Å². The average molecular weight is 486 g/mol. The Morgan fingerprint density at radius 1 is 1.23 bits per heavy atom. The summed E-state index contributed by atoms with van der Waals surface area (Å²) in [5, 5.41) is 8.29. The Morgan fingerprint density at radius 3 is 2.68 bits per heavy atom. The molecule has 3 N–H and O–H groups in total. The number of amides is 3. The molecule has 0 saturated heterocycles. The van der Waals surface area contributed by atoms with Crippen LogP contribution in [0.5, 0.6) is 5.75 Å². The number of ether oxygens (including phenoxy) is 1. The molecule has 1 atom stereocenters. The van der Waals surface area contributed by atoms with Gasteiger partial charge in [0.05, 0.1) is 13.7 Å². The lowest BCUT2D eigenvalue weighted by Gasteiger charge is -2.21. The number of hydrogen-bond donors (Lipinski definition) is 3. The van der Waals surface area contributed by atoms with E-state index in [-0.39, 0.29) is 12.5 Å². The van der Waals surface area contributed by atoms with E-state index < -0.39 is 12.1 Å². The summed E-state index contributed by atoms with van der Waals surface area (Å²) in [5.41, 5.74) is 2.36. The Bertz CT molecular complexity index is 1080. The molecule has 0 aliphatic rings. The van der Waals surface area contributed by atoms with Crippen molar-refractivity contribution in [1.82, 2.24) is 20.2 Å². The topological polar surface area (TPSA) is 97.3 Å². The van der Waals surface area contributed by atoms with Gasteiger partial charge in [0.15, 0.2) is 0 Å². The zero-order valence-corrected chi connectivity index (χ0v) is 19.1. The maximum Gasteiger partial charge on any atom is 0.316 e. The number of methoxy groups -OCH3 is 1. The molecule has 0 fully saturated rings. The fourth-order valence-corrected chi connectivity index (χ4v) is 3.62. The monoisotopic (exact) mass is 485 g/mol. The van der Waals surface area contributed by atoms with Crippen molar-refractivity contribution in [2.75, 3.05) is 19.0 Å². The van der Waals surface area contributed by atoms with Crippen molar-refractivity contribution in [2.45, 2.75) is 13.0 Å². The Balaban J connectivity index is 1.68. The molecule has 0 bridgehead atoms. The molecule has 0 aliphatic heterocycles. The number of carbonyl (C=O) groups is 2. The van der Waals surface area contributed by atoms with Crippen LogP contribution in [0.2, 0.25) is 0 Å². The van der Waals surface area contributed by atoms with Crippen LogP contribution in [0.4, 0.5) is 10.5 Å². The third kappa shape index (κ3) is 5.64. The molecule has 9 heteroatoms. The Morgan fingerprint density at radius 2 is 2.00 bits per heavy atom. The summed E-state index contributed by atoms with van der Waals surface area (Å²) in [7, 11) is 3.42. The van der Waals surface area contributed by atoms with Gasteiger partial charge in [0, 0.05) is 35.2 Å². The second kappa shape index (κ2) is 10.1. The maximum atomic E-state index is 12.6. The zero-order valence-electron chi connectivity index (χ0n) is 17.5. The first kappa shape index (κ1) is 22.4. The molecule has 8 nitrogen and oxygen atoms in total. The number of nitrogens with zero attached hydrogens (tertiary/aromatic N) is 2. The molecular weight excluding hydrogens is 462 g/mol. The molecule has 0 spiro atoms. The number of anilines is 1. The summed E-state index contributed by atoms with van der Waals surface area (Å²) in [6.07, 6.45) is 3.46. The van der Waals surface area contributed by atoms with E-state index in [1.165, 1.54) is 0 Å². The van der Waals surface area contributed by atoms with Crippen LogP contribution in [0, 0.1) is 6.92 Å². The van der Waals surface area contributed by atoms with Crippen molar-refractivity contribution >= 4 is 33.6 Å². The van der Waals surface area contributed by atoms with E-state index in [0.717, 1.165) is 15.6 Å². The van der Waals surface area contributed by atoms with E-state index >= 15 is 0 Å². The van der Waals surface area contributed by atoms with Gasteiger partial charge in [-0.15, -0.1) is 0 Å². The standard InChI is InChI=1S/C22H24BrN5O3/c1-14-12-15(23)8-9-17(14)26-19(29)13-25-22(30)27-20(21-24-10-11-28(21)2)16-6-4-5-7-18(16)31-3/h4-12,20H,13H2,1-3H3,(H,26,29)(H2,25,27,30). The summed E-state index contributed by atoms with van der Waals surface area (Å²) >= 11 is 3.39. The second-order valence-corrected chi connectivity index (χ2v) is 7.82. The molecule has 3 aromatic rings. The summed E-state index contributed by atoms with van der Waals surface area (Å²) < 4.78 is 8.20. The number of aryl methyl sites for hydroxylation is 2. The first-order valence-electron chi connectivity index (χ1n) is 9.59. The number of nitrogens with one attached hydrogen (secondary N) is 3. The van der Waals surface area contributed by atoms with Crippen LogP contribution in [0.25, 0.3) is 0 Å². The van der Waals surface area contributed by atoms with Gasteiger partial charge >= 0.3 is 6.03 Å². The van der Waals surface area contributed by atoms with Crippen LogP contribution in [0.15, 0.2) is 59.3 Å². The minimum absolute atomic E-state index is 0.180. The molecular formula is C22H24BrN5O3. The average Bonchev–Trinajstić information content (AvgIpc) is 3.18. The molecule has 1 aromatic heterocycles. The number of hydrogen-bond acceptors (Lipinski definition) is 4. The molecule has 162 valence electrons. The number of halogens is 1. The van der Waals surface area contributed by atoms with Gasteiger partial charge < -0.3 is 25.3 Å². The fraction of sp³-hybridized carbons (Fsp3) is 0.227. The highest BCUT2D eigenvalue weighted by atomic mass is 79.9. The van der Waals surface area contributed by atoms with Crippen LogP contribution in [-0.4, -0.2) is 35.1 Å². The van der Waals surface area contributed by atoms with Crippen molar-refractivity contribution < 1.29 is 14.3 Å². The molecule has 0 aliphatic carbocycles. The summed E-state index contributed by atoms with van der Waals surface area (Å²) in [6.45, 7) is 1.71. The number of imidazole rings is 1. The summed E-state index contributed by atoms with van der Waals surface area (Å²) in [4.78, 5) is 29.3. The largest absolute Gasteiger partial charge is 0.496 e. The van der Waals surface area contributed by atoms with E-state index in [1.807, 2.05) is 54.9 Å². The molecule has 3 amide bonds. The van der Waals surface area contributed by atoms with Gasteiger partial charge in [-0.1, -0.05) is 34.1 Å². The van der Waals surface area contributed by atoms with Gasteiger partial charge in [0.25, 0.3) is 0 Å². The van der Waals surface area contributed by atoms with Crippen molar-refractivity contribution in [3.8, 4) is 5.75 Å². The highest BCUT2D eigenvalue weighted by Gasteiger charge is 2.24. The molecule has 0 radical (unpaired) electrons. The maximum absolute atomic E-state index is 12.6. The first-order valence-corrected chi connectivity index (χ1v) is 10.4. The lowest BCUT2D eigenvalue weighted by molar-refractivity contribution is -0.115. The van der Waals surface area contributed by atoms with E-state index in [0.29, 0.717) is 17.3 Å². The molecule has 1 unspecified atom stereocenters. The van der Waals surface area contributed by atoms with E-state index in [1.54, 1.807) is 25.6 Å². The number of aromatic nitrogens is 2. The number of urea groups is 1. The van der Waals surface area contributed by atoms with Gasteiger partial charge in [0.1, 0.15) is 17.6 Å². The molecule has 31 heavy (non-hydrogen) atoms. The van der Waals surface area contributed by atoms with Crippen molar-refractivity contribution in [3.63, 3.8) is 0 Å². The Kier molecular flexibility index (Phi) is 7.30. The first-order chi connectivity index (χ1) is 14.9. The summed E-state index contributed by atoms with van der Waals surface area (Å²) in [6, 6.07) is 11.9. The normalized spacial score (nSPS) is 11.5. The van der Waals surface area contributed by atoms with Gasteiger partial charge in [-0.05, 0) is 36.8 Å². The van der Waals surface area contributed by atoms with Crippen molar-refractivity contribution in [1.29, 1.82) is 0 Å². The van der Waals surface area contributed by atoms with E-state index in [9.17, 15) is 9.59 Å². The molecule has 0 saturated carbocycles. The summed E-state index contributed by atoms with van der Waals surface area (Å²) in [5.74, 6) is 0.931. The van der Waals surface area contributed by atoms with Gasteiger partial charge in [-0.3, -0.25) is 4.79 Å². The molecule has 1 heterocycles. The molecule has 2 aromatic carbocycles. The highest BCUT2D eigenvalue weighted by Crippen LogP contribution is 2.28. The van der Waals surface area contributed by atoms with Crippen LogP contribution in [0.1, 0.15) is 23.0 Å². The van der Waals surface area contributed by atoms with Gasteiger partial charge in [0.2, 0.25) is 5.91 Å². The van der Waals surface area contributed by atoms with E-state index in [2.05, 4.69) is 36.9 Å². The minimum Gasteiger partial charge on any atom is -0.496 e. The zero-order chi connectivity index (χ0) is 22.4. The Labute approximate surface area is 189 Å². The lowest BCUT2D eigenvalue weighted by Crippen LogP contribution is -2.42. The predicted molar refractivity (Wildman–Crippen MR) is 122 cm³/mol. The number of rotatable bonds is 7. The van der Waals surface area contributed by atoms with Crippen molar-refractivity contribution in [3.05, 3.63) is 76.3 Å². The Hall–Kier alpha value is -3.33. The van der Waals surface area contributed by atoms with Crippen LogP contribution in [-0.2, 0) is 11.8 Å². The quantitative estimate of drug-likeness (QED) is 0.476. The fourth-order valence-electron chi connectivity index (χ4n) is 3.15. The van der Waals surface area contributed by atoms with E-state index in [4.69, 9.17) is 4.74 Å². The number of carbonyl (C=O) groups excluding carboxylic acids is 2. The van der Waals surface area contributed by atoms with Crippen molar-refractivity contribution in [2.24, 2.45) is 7.05 Å². The third-order valence-electron chi connectivity index (χ3n) is 4.71. The SMILES string of the molecule is COc1ccccc1C(NC(=O)NCC(=O)Nc1ccc(Br)cc1C)c1nccn1C. The number of benzene rings is 2. The third-order valence-corrected chi connectivity index (χ3v) is 5.21. The predicted octanol–water partition coefficient (Wildman–Crippen LogP) is 3.53. The number of para-hydroxylation sites is 1. The minimum atomic E-state index is -0.562. The smallest absolute Gasteiger partial charge is 0.316 e.